The van der Waals surface area contributed by atoms with E-state index in [0.29, 0.717) is 12.8 Å². The summed E-state index contributed by atoms with van der Waals surface area (Å²) in [5, 5.41) is 0. The Morgan fingerprint density at radius 3 is 2.57 bits per heavy atom. The topological polar surface area (TPSA) is 29.5 Å². The van der Waals surface area contributed by atoms with Crippen LogP contribution in [0.4, 0.5) is 17.6 Å². The molecule has 116 valence electrons. The fourth-order valence-electron chi connectivity index (χ4n) is 2.15. The normalized spacial score (nSPS) is 15.3. The van der Waals surface area contributed by atoms with Crippen molar-refractivity contribution >= 4 is 5.78 Å². The van der Waals surface area contributed by atoms with Gasteiger partial charge in [-0.15, -0.1) is 0 Å². The van der Waals surface area contributed by atoms with Gasteiger partial charge in [-0.25, -0.2) is 4.39 Å². The van der Waals surface area contributed by atoms with Gasteiger partial charge in [-0.3, -0.25) is 9.69 Å². The lowest BCUT2D eigenvalue weighted by Gasteiger charge is -2.22. The molecule has 1 aliphatic rings. The molecule has 0 saturated heterocycles. The van der Waals surface area contributed by atoms with E-state index < -0.39 is 30.9 Å². The van der Waals surface area contributed by atoms with Crippen LogP contribution in [-0.4, -0.2) is 43.1 Å². The van der Waals surface area contributed by atoms with E-state index in [1.165, 1.54) is 13.2 Å². The molecule has 0 heterocycles. The van der Waals surface area contributed by atoms with Gasteiger partial charge in [0.1, 0.15) is 11.6 Å². The Morgan fingerprint density at radius 1 is 1.38 bits per heavy atom. The summed E-state index contributed by atoms with van der Waals surface area (Å²) in [6.07, 6.45) is -3.08. The average Bonchev–Trinajstić information content (AvgIpc) is 3.20. The number of ether oxygens (including phenoxy) is 1. The van der Waals surface area contributed by atoms with Gasteiger partial charge in [0.25, 0.3) is 0 Å². The number of ketones is 1. The number of carbonyl (C=O) groups is 1. The van der Waals surface area contributed by atoms with Crippen LogP contribution in [0, 0.1) is 5.82 Å². The summed E-state index contributed by atoms with van der Waals surface area (Å²) in [6.45, 7) is -1.54. The zero-order chi connectivity index (χ0) is 15.6. The number of hydrogen-bond acceptors (Lipinski definition) is 3. The van der Waals surface area contributed by atoms with Crippen LogP contribution in [0.5, 0.6) is 5.75 Å². The van der Waals surface area contributed by atoms with Crippen molar-refractivity contribution in [1.29, 1.82) is 0 Å². The molecule has 0 aromatic heterocycles. The van der Waals surface area contributed by atoms with E-state index >= 15 is 0 Å². The lowest BCUT2D eigenvalue weighted by Crippen LogP contribution is -2.39. The maximum atomic E-state index is 13.2. The summed E-state index contributed by atoms with van der Waals surface area (Å²) in [7, 11) is 1.32. The summed E-state index contributed by atoms with van der Waals surface area (Å²) >= 11 is 0. The van der Waals surface area contributed by atoms with Crippen molar-refractivity contribution < 1.29 is 27.1 Å². The van der Waals surface area contributed by atoms with Gasteiger partial charge in [-0.1, -0.05) is 0 Å². The van der Waals surface area contributed by atoms with Crippen molar-refractivity contribution in [2.24, 2.45) is 0 Å². The molecule has 0 atom stereocenters. The standard InChI is InChI=1S/C14H15F4NO2/c1-21-13-5-2-9(15)6-11(13)12(20)7-19(10-3-4-10)8-14(16,17)18/h2,5-6,10H,3-4,7-8H2,1H3. The van der Waals surface area contributed by atoms with Crippen LogP contribution in [0.25, 0.3) is 0 Å². The Morgan fingerprint density at radius 2 is 2.05 bits per heavy atom. The van der Waals surface area contributed by atoms with E-state index in [-0.39, 0.29) is 17.4 Å². The predicted octanol–water partition coefficient (Wildman–Crippen LogP) is 3.04. The highest BCUT2D eigenvalue weighted by molar-refractivity contribution is 6.00. The molecule has 0 N–H and O–H groups in total. The number of methoxy groups -OCH3 is 1. The molecule has 0 radical (unpaired) electrons. The lowest BCUT2D eigenvalue weighted by molar-refractivity contribution is -0.145. The van der Waals surface area contributed by atoms with Gasteiger partial charge < -0.3 is 4.74 Å². The number of halogens is 4. The minimum Gasteiger partial charge on any atom is -0.496 e. The van der Waals surface area contributed by atoms with E-state index in [4.69, 9.17) is 4.74 Å². The van der Waals surface area contributed by atoms with E-state index in [2.05, 4.69) is 0 Å². The number of Topliss-reactive ketones (excluding diaryl/α,β-unsaturated/α-hetero) is 1. The summed E-state index contributed by atoms with van der Waals surface area (Å²) in [5.74, 6) is -1.06. The van der Waals surface area contributed by atoms with Gasteiger partial charge in [0, 0.05) is 6.04 Å². The zero-order valence-electron chi connectivity index (χ0n) is 11.4. The molecule has 3 nitrogen and oxygen atoms in total. The highest BCUT2D eigenvalue weighted by Gasteiger charge is 2.39. The van der Waals surface area contributed by atoms with E-state index in [1.54, 1.807) is 0 Å². The van der Waals surface area contributed by atoms with Crippen molar-refractivity contribution in [2.45, 2.75) is 25.1 Å². The second kappa shape index (κ2) is 6.01. The number of nitrogens with zero attached hydrogens (tertiary/aromatic N) is 1. The lowest BCUT2D eigenvalue weighted by atomic mass is 10.1. The summed E-state index contributed by atoms with van der Waals surface area (Å²) in [4.78, 5) is 13.2. The van der Waals surface area contributed by atoms with Crippen LogP contribution in [0.15, 0.2) is 18.2 Å². The molecule has 1 fully saturated rings. The SMILES string of the molecule is COc1ccc(F)cc1C(=O)CN(CC(F)(F)F)C1CC1. The highest BCUT2D eigenvalue weighted by Crippen LogP contribution is 2.31. The van der Waals surface area contributed by atoms with Gasteiger partial charge in [-0.05, 0) is 31.0 Å². The fraction of sp³-hybridized carbons (Fsp3) is 0.500. The number of alkyl halides is 3. The Kier molecular flexibility index (Phi) is 4.51. The molecule has 0 aliphatic heterocycles. The summed E-state index contributed by atoms with van der Waals surface area (Å²) < 4.78 is 55.7. The molecule has 1 aromatic carbocycles. The minimum absolute atomic E-state index is 0.0367. The van der Waals surface area contributed by atoms with Crippen molar-refractivity contribution in [3.8, 4) is 5.75 Å². The second-order valence-electron chi connectivity index (χ2n) is 5.02. The summed E-state index contributed by atoms with van der Waals surface area (Å²) in [5.41, 5.74) is -0.0367. The third-order valence-electron chi connectivity index (χ3n) is 3.25. The maximum Gasteiger partial charge on any atom is 0.401 e. The molecule has 0 amide bonds. The van der Waals surface area contributed by atoms with Gasteiger partial charge in [0.15, 0.2) is 5.78 Å². The third-order valence-corrected chi connectivity index (χ3v) is 3.25. The Bertz CT molecular complexity index is 526. The van der Waals surface area contributed by atoms with E-state index in [9.17, 15) is 22.4 Å². The summed E-state index contributed by atoms with van der Waals surface area (Å²) in [6, 6.07) is 3.17. The molecule has 0 unspecified atom stereocenters. The first kappa shape index (κ1) is 15.8. The third kappa shape index (κ3) is 4.42. The monoisotopic (exact) mass is 305 g/mol. The molecule has 2 rings (SSSR count). The first-order chi connectivity index (χ1) is 9.80. The van der Waals surface area contributed by atoms with Crippen LogP contribution < -0.4 is 4.74 Å². The molecule has 7 heteroatoms. The van der Waals surface area contributed by atoms with Crippen LogP contribution >= 0.6 is 0 Å². The second-order valence-corrected chi connectivity index (χ2v) is 5.02. The minimum atomic E-state index is -4.37. The number of hydrogen-bond donors (Lipinski definition) is 0. The van der Waals surface area contributed by atoms with Crippen molar-refractivity contribution in [3.63, 3.8) is 0 Å². The van der Waals surface area contributed by atoms with Crippen LogP contribution in [0.2, 0.25) is 0 Å². The van der Waals surface area contributed by atoms with Crippen LogP contribution in [-0.2, 0) is 0 Å². The van der Waals surface area contributed by atoms with Gasteiger partial charge in [0.05, 0.1) is 25.8 Å². The van der Waals surface area contributed by atoms with Crippen LogP contribution in [0.3, 0.4) is 0 Å². The molecule has 1 aliphatic carbocycles. The van der Waals surface area contributed by atoms with E-state index in [0.717, 1.165) is 17.0 Å². The Labute approximate surface area is 119 Å². The van der Waals surface area contributed by atoms with Crippen LogP contribution in [0.1, 0.15) is 23.2 Å². The molecule has 0 bridgehead atoms. The van der Waals surface area contributed by atoms with Crippen molar-refractivity contribution in [3.05, 3.63) is 29.6 Å². The van der Waals surface area contributed by atoms with Gasteiger partial charge >= 0.3 is 6.18 Å². The smallest absolute Gasteiger partial charge is 0.401 e. The largest absolute Gasteiger partial charge is 0.496 e. The average molecular weight is 305 g/mol. The highest BCUT2D eigenvalue weighted by atomic mass is 19.4. The van der Waals surface area contributed by atoms with Crippen molar-refractivity contribution in [2.75, 3.05) is 20.2 Å². The molecular weight excluding hydrogens is 290 g/mol. The number of benzene rings is 1. The van der Waals surface area contributed by atoms with Gasteiger partial charge in [0.2, 0.25) is 0 Å². The molecule has 21 heavy (non-hydrogen) atoms. The number of rotatable bonds is 6. The first-order valence-corrected chi connectivity index (χ1v) is 6.47. The fourth-order valence-corrected chi connectivity index (χ4v) is 2.15. The molecule has 0 spiro atoms. The maximum absolute atomic E-state index is 13.2. The van der Waals surface area contributed by atoms with Gasteiger partial charge in [-0.2, -0.15) is 13.2 Å². The quantitative estimate of drug-likeness (QED) is 0.597. The van der Waals surface area contributed by atoms with E-state index in [1.807, 2.05) is 0 Å². The Hall–Kier alpha value is -1.63. The molecular formula is C14H15F4NO2. The molecule has 1 aromatic rings. The molecule has 1 saturated carbocycles. The predicted molar refractivity (Wildman–Crippen MR) is 67.9 cm³/mol. The zero-order valence-corrected chi connectivity index (χ0v) is 11.4. The van der Waals surface area contributed by atoms with Crippen molar-refractivity contribution in [1.82, 2.24) is 4.90 Å². The first-order valence-electron chi connectivity index (χ1n) is 6.47. The number of carbonyl (C=O) groups excluding carboxylic acids is 1. The Balaban J connectivity index is 2.13.